The number of hydrogen-bond acceptors (Lipinski definition) is 3. The van der Waals surface area contributed by atoms with E-state index in [0.717, 1.165) is 37.4 Å². The predicted molar refractivity (Wildman–Crippen MR) is 83.1 cm³/mol. The van der Waals surface area contributed by atoms with Gasteiger partial charge >= 0.3 is 0 Å². The third-order valence-electron chi connectivity index (χ3n) is 3.76. The molecular weight excluding hydrogens is 288 g/mol. The molecule has 0 spiro atoms. The van der Waals surface area contributed by atoms with Gasteiger partial charge in [-0.05, 0) is 36.5 Å². The molecule has 0 aromatic heterocycles. The van der Waals surface area contributed by atoms with Crippen molar-refractivity contribution in [3.05, 3.63) is 29.8 Å². The van der Waals surface area contributed by atoms with E-state index in [1.165, 1.54) is 12.1 Å². The lowest BCUT2D eigenvalue weighted by atomic mass is 10.00. The summed E-state index contributed by atoms with van der Waals surface area (Å²) in [6, 6.07) is 6.47. The van der Waals surface area contributed by atoms with Crippen molar-refractivity contribution in [3.63, 3.8) is 0 Å². The van der Waals surface area contributed by atoms with Crippen LogP contribution in [0.2, 0.25) is 0 Å². The minimum absolute atomic E-state index is 0.0977. The molecular formula is C14H22N4O2S. The van der Waals surface area contributed by atoms with Gasteiger partial charge in [0.25, 0.3) is 0 Å². The van der Waals surface area contributed by atoms with Crippen LogP contribution in [0.4, 0.5) is 0 Å². The van der Waals surface area contributed by atoms with E-state index in [0.29, 0.717) is 12.5 Å². The van der Waals surface area contributed by atoms with Crippen LogP contribution in [-0.2, 0) is 16.6 Å². The molecule has 0 aliphatic carbocycles. The minimum atomic E-state index is -3.68. The second-order valence-electron chi connectivity index (χ2n) is 5.54. The Hall–Kier alpha value is -1.60. The topological polar surface area (TPSA) is 102 Å². The highest BCUT2D eigenvalue weighted by Gasteiger charge is 2.16. The van der Waals surface area contributed by atoms with E-state index in [9.17, 15) is 8.42 Å². The standard InChI is InChI=1S/C14H22N4O2S/c1-11-5-7-18(8-6-11)14(15)17-10-12-3-2-4-13(9-12)21(16,19)20/h2-4,9,11H,5-8,10H2,1H3,(H2,15,17)(H2,16,19,20). The molecule has 7 heteroatoms. The summed E-state index contributed by atoms with van der Waals surface area (Å²) in [4.78, 5) is 6.52. The Bertz CT molecular complexity index is 620. The summed E-state index contributed by atoms with van der Waals surface area (Å²) < 4.78 is 22.6. The zero-order valence-electron chi connectivity index (χ0n) is 12.2. The molecule has 116 valence electrons. The quantitative estimate of drug-likeness (QED) is 0.639. The van der Waals surface area contributed by atoms with Crippen molar-refractivity contribution >= 4 is 16.0 Å². The maximum absolute atomic E-state index is 11.3. The van der Waals surface area contributed by atoms with Gasteiger partial charge in [0.05, 0.1) is 11.4 Å². The average molecular weight is 310 g/mol. The Morgan fingerprint density at radius 2 is 2.05 bits per heavy atom. The Kier molecular flexibility index (Phi) is 4.84. The summed E-state index contributed by atoms with van der Waals surface area (Å²) in [5.41, 5.74) is 6.77. The van der Waals surface area contributed by atoms with Gasteiger partial charge in [0.2, 0.25) is 10.0 Å². The van der Waals surface area contributed by atoms with Crippen molar-refractivity contribution in [3.8, 4) is 0 Å². The molecule has 0 radical (unpaired) electrons. The number of nitrogens with zero attached hydrogens (tertiary/aromatic N) is 2. The van der Waals surface area contributed by atoms with Crippen LogP contribution in [0.5, 0.6) is 0 Å². The normalized spacial score (nSPS) is 18.0. The van der Waals surface area contributed by atoms with Gasteiger partial charge in [0, 0.05) is 13.1 Å². The second-order valence-corrected chi connectivity index (χ2v) is 7.10. The molecule has 1 aliphatic rings. The van der Waals surface area contributed by atoms with Gasteiger partial charge in [-0.15, -0.1) is 0 Å². The van der Waals surface area contributed by atoms with Crippen molar-refractivity contribution in [2.24, 2.45) is 21.8 Å². The number of nitrogens with two attached hydrogens (primary N) is 2. The van der Waals surface area contributed by atoms with E-state index in [1.807, 2.05) is 6.07 Å². The largest absolute Gasteiger partial charge is 0.370 e. The number of guanidine groups is 1. The molecule has 0 saturated carbocycles. The van der Waals surface area contributed by atoms with Crippen molar-refractivity contribution in [2.45, 2.75) is 31.2 Å². The van der Waals surface area contributed by atoms with Gasteiger partial charge in [0.15, 0.2) is 5.96 Å². The maximum Gasteiger partial charge on any atom is 0.238 e. The number of hydrogen-bond donors (Lipinski definition) is 2. The highest BCUT2D eigenvalue weighted by molar-refractivity contribution is 7.89. The predicted octanol–water partition coefficient (Wildman–Crippen LogP) is 0.881. The molecule has 1 aromatic rings. The van der Waals surface area contributed by atoms with Crippen LogP contribution in [0.1, 0.15) is 25.3 Å². The number of aliphatic imine (C=N–C) groups is 1. The summed E-state index contributed by atoms with van der Waals surface area (Å²) in [6.07, 6.45) is 2.24. The van der Waals surface area contributed by atoms with Crippen LogP contribution in [0.15, 0.2) is 34.2 Å². The number of piperidine rings is 1. The van der Waals surface area contributed by atoms with Crippen LogP contribution >= 0.6 is 0 Å². The van der Waals surface area contributed by atoms with E-state index in [2.05, 4.69) is 16.8 Å². The summed E-state index contributed by atoms with van der Waals surface area (Å²) in [7, 11) is -3.68. The molecule has 0 bridgehead atoms. The average Bonchev–Trinajstić information content (AvgIpc) is 2.45. The highest BCUT2D eigenvalue weighted by atomic mass is 32.2. The lowest BCUT2D eigenvalue weighted by molar-refractivity contribution is 0.277. The fourth-order valence-corrected chi connectivity index (χ4v) is 2.91. The summed E-state index contributed by atoms with van der Waals surface area (Å²) in [6.45, 7) is 4.44. The summed E-state index contributed by atoms with van der Waals surface area (Å²) in [5.74, 6) is 1.25. The number of primary sulfonamides is 1. The van der Waals surface area contributed by atoms with Crippen molar-refractivity contribution in [2.75, 3.05) is 13.1 Å². The molecule has 1 heterocycles. The Morgan fingerprint density at radius 1 is 1.38 bits per heavy atom. The molecule has 2 rings (SSSR count). The Labute approximate surface area is 125 Å². The van der Waals surface area contributed by atoms with Gasteiger partial charge in [-0.3, -0.25) is 0 Å². The maximum atomic E-state index is 11.3. The molecule has 1 aliphatic heterocycles. The van der Waals surface area contributed by atoms with Crippen molar-refractivity contribution in [1.82, 2.24) is 4.90 Å². The van der Waals surface area contributed by atoms with Crippen LogP contribution in [0.25, 0.3) is 0 Å². The molecule has 4 N–H and O–H groups in total. The lowest BCUT2D eigenvalue weighted by Gasteiger charge is -2.31. The van der Waals surface area contributed by atoms with Gasteiger partial charge in [-0.1, -0.05) is 19.1 Å². The first kappa shape index (κ1) is 15.8. The fraction of sp³-hybridized carbons (Fsp3) is 0.500. The van der Waals surface area contributed by atoms with Gasteiger partial charge in [0.1, 0.15) is 0 Å². The SMILES string of the molecule is CC1CCN(C(N)=NCc2cccc(S(N)(=O)=O)c2)CC1. The number of rotatable bonds is 3. The Balaban J connectivity index is 2.03. The molecule has 21 heavy (non-hydrogen) atoms. The molecule has 1 aromatic carbocycles. The van der Waals surface area contributed by atoms with E-state index >= 15 is 0 Å². The molecule has 1 saturated heterocycles. The fourth-order valence-electron chi connectivity index (χ4n) is 2.33. The first-order valence-corrected chi connectivity index (χ1v) is 8.57. The zero-order chi connectivity index (χ0) is 15.5. The number of sulfonamides is 1. The van der Waals surface area contributed by atoms with Crippen LogP contribution < -0.4 is 10.9 Å². The van der Waals surface area contributed by atoms with Gasteiger partial charge < -0.3 is 10.6 Å². The Morgan fingerprint density at radius 3 is 2.67 bits per heavy atom. The summed E-state index contributed by atoms with van der Waals surface area (Å²) >= 11 is 0. The number of likely N-dealkylation sites (tertiary alicyclic amines) is 1. The lowest BCUT2D eigenvalue weighted by Crippen LogP contribution is -2.42. The molecule has 6 nitrogen and oxygen atoms in total. The molecule has 0 atom stereocenters. The van der Waals surface area contributed by atoms with Crippen LogP contribution in [0.3, 0.4) is 0 Å². The van der Waals surface area contributed by atoms with Crippen molar-refractivity contribution < 1.29 is 8.42 Å². The van der Waals surface area contributed by atoms with E-state index in [1.54, 1.807) is 6.07 Å². The molecule has 0 amide bonds. The first-order chi connectivity index (χ1) is 9.86. The second kappa shape index (κ2) is 6.44. The molecule has 1 fully saturated rings. The van der Waals surface area contributed by atoms with Crippen LogP contribution in [0, 0.1) is 5.92 Å². The molecule has 0 unspecified atom stereocenters. The van der Waals surface area contributed by atoms with E-state index in [4.69, 9.17) is 10.9 Å². The first-order valence-electron chi connectivity index (χ1n) is 7.03. The van der Waals surface area contributed by atoms with E-state index < -0.39 is 10.0 Å². The van der Waals surface area contributed by atoms with Crippen LogP contribution in [-0.4, -0.2) is 32.4 Å². The van der Waals surface area contributed by atoms with E-state index in [-0.39, 0.29) is 4.90 Å². The third-order valence-corrected chi connectivity index (χ3v) is 4.67. The smallest absolute Gasteiger partial charge is 0.238 e. The minimum Gasteiger partial charge on any atom is -0.370 e. The zero-order valence-corrected chi connectivity index (χ0v) is 13.0. The monoisotopic (exact) mass is 310 g/mol. The van der Waals surface area contributed by atoms with Gasteiger partial charge in [-0.25, -0.2) is 18.5 Å². The number of benzene rings is 1. The van der Waals surface area contributed by atoms with Crippen molar-refractivity contribution in [1.29, 1.82) is 0 Å². The van der Waals surface area contributed by atoms with Gasteiger partial charge in [-0.2, -0.15) is 0 Å². The highest BCUT2D eigenvalue weighted by Crippen LogP contribution is 2.16. The summed E-state index contributed by atoms with van der Waals surface area (Å²) in [5, 5.41) is 5.11. The third kappa shape index (κ3) is 4.44.